The van der Waals surface area contributed by atoms with Gasteiger partial charge in [0.05, 0.1) is 25.4 Å². The van der Waals surface area contributed by atoms with Gasteiger partial charge in [0, 0.05) is 17.9 Å². The number of Topliss-reactive ketones (excluding diaryl/α,β-unsaturated/α-hetero) is 1. The van der Waals surface area contributed by atoms with Crippen molar-refractivity contribution in [3.8, 4) is 5.75 Å². The molecule has 4 nitrogen and oxygen atoms in total. The van der Waals surface area contributed by atoms with Crippen molar-refractivity contribution in [2.45, 2.75) is 32.0 Å². The van der Waals surface area contributed by atoms with Gasteiger partial charge in [-0.15, -0.1) is 0 Å². The van der Waals surface area contributed by atoms with Gasteiger partial charge in [0.15, 0.2) is 12.1 Å². The zero-order chi connectivity index (χ0) is 14.1. The van der Waals surface area contributed by atoms with E-state index in [0.717, 1.165) is 5.56 Å². The van der Waals surface area contributed by atoms with Crippen LogP contribution in [0.3, 0.4) is 0 Å². The van der Waals surface area contributed by atoms with E-state index in [1.54, 1.807) is 12.1 Å². The fourth-order valence-corrected chi connectivity index (χ4v) is 3.13. The summed E-state index contributed by atoms with van der Waals surface area (Å²) in [6.07, 6.45) is 0.968. The molecule has 0 saturated carbocycles. The van der Waals surface area contributed by atoms with Gasteiger partial charge in [0.25, 0.3) is 0 Å². The fraction of sp³-hybridized carbons (Fsp3) is 0.533. The first-order valence-electron chi connectivity index (χ1n) is 6.88. The van der Waals surface area contributed by atoms with E-state index in [0.29, 0.717) is 49.0 Å². The van der Waals surface area contributed by atoms with Crippen molar-refractivity contribution in [1.82, 2.24) is 0 Å². The summed E-state index contributed by atoms with van der Waals surface area (Å²) in [7, 11) is 0. The molecule has 1 unspecified atom stereocenters. The highest BCUT2D eigenvalue weighted by atomic mass is 35.5. The lowest BCUT2D eigenvalue weighted by atomic mass is 10.0. The first-order valence-corrected chi connectivity index (χ1v) is 7.26. The Hall–Kier alpha value is -1.10. The van der Waals surface area contributed by atoms with Crippen molar-refractivity contribution in [3.63, 3.8) is 0 Å². The van der Waals surface area contributed by atoms with Crippen LogP contribution in [0.1, 0.15) is 41.6 Å². The topological polar surface area (TPSA) is 44.8 Å². The summed E-state index contributed by atoms with van der Waals surface area (Å²) in [6, 6.07) is 3.57. The second kappa shape index (κ2) is 5.72. The van der Waals surface area contributed by atoms with Gasteiger partial charge in [-0.1, -0.05) is 18.5 Å². The van der Waals surface area contributed by atoms with Crippen molar-refractivity contribution >= 4 is 17.4 Å². The predicted molar refractivity (Wildman–Crippen MR) is 74.6 cm³/mol. The van der Waals surface area contributed by atoms with Crippen LogP contribution < -0.4 is 4.74 Å². The maximum absolute atomic E-state index is 12.1. The van der Waals surface area contributed by atoms with Crippen molar-refractivity contribution in [2.75, 3.05) is 19.8 Å². The van der Waals surface area contributed by atoms with E-state index in [4.69, 9.17) is 25.8 Å². The minimum Gasteiger partial charge on any atom is -0.493 e. The number of carbonyl (C=O) groups is 1. The molecule has 1 heterocycles. The summed E-state index contributed by atoms with van der Waals surface area (Å²) in [5, 5.41) is 0.646. The molecule has 1 aromatic rings. The standard InChI is InChI=1S/C15H17ClO4/c1-9-8-11(17)15-12(3-2-10(16)14(9)15)18-5-4-13-19-6-7-20-13/h2-3,9,13H,4-8H2,1H3. The van der Waals surface area contributed by atoms with Gasteiger partial charge in [0.2, 0.25) is 0 Å². The minimum absolute atomic E-state index is 0.110. The van der Waals surface area contributed by atoms with E-state index in [1.807, 2.05) is 6.92 Å². The van der Waals surface area contributed by atoms with E-state index >= 15 is 0 Å². The van der Waals surface area contributed by atoms with Crippen LogP contribution in [0.5, 0.6) is 5.75 Å². The van der Waals surface area contributed by atoms with Crippen LogP contribution in [0, 0.1) is 0 Å². The van der Waals surface area contributed by atoms with Crippen LogP contribution in [0.2, 0.25) is 5.02 Å². The Bertz CT molecular complexity index is 523. The smallest absolute Gasteiger partial charge is 0.167 e. The molecule has 1 saturated heterocycles. The van der Waals surface area contributed by atoms with Crippen LogP contribution in [0.25, 0.3) is 0 Å². The first kappa shape index (κ1) is 13.9. The lowest BCUT2D eigenvalue weighted by molar-refractivity contribution is -0.0531. The predicted octanol–water partition coefficient (Wildman–Crippen LogP) is 3.17. The molecule has 0 spiro atoms. The Morgan fingerprint density at radius 1 is 1.35 bits per heavy atom. The molecule has 0 bridgehead atoms. The molecule has 2 aliphatic rings. The average Bonchev–Trinajstić information content (AvgIpc) is 3.02. The number of ketones is 1. The van der Waals surface area contributed by atoms with Gasteiger partial charge in [-0.3, -0.25) is 4.79 Å². The third kappa shape index (κ3) is 2.55. The summed E-state index contributed by atoms with van der Waals surface area (Å²) in [5.74, 6) is 0.894. The monoisotopic (exact) mass is 296 g/mol. The van der Waals surface area contributed by atoms with E-state index in [1.165, 1.54) is 0 Å². The molecule has 1 aromatic carbocycles. The fourth-order valence-electron chi connectivity index (χ4n) is 2.79. The molecule has 0 radical (unpaired) electrons. The first-order chi connectivity index (χ1) is 9.66. The lowest BCUT2D eigenvalue weighted by Crippen LogP contribution is -2.13. The molecule has 0 N–H and O–H groups in total. The van der Waals surface area contributed by atoms with Crippen LogP contribution in [-0.2, 0) is 9.47 Å². The van der Waals surface area contributed by atoms with Crippen LogP contribution in [-0.4, -0.2) is 31.9 Å². The van der Waals surface area contributed by atoms with Gasteiger partial charge in [0.1, 0.15) is 5.75 Å². The van der Waals surface area contributed by atoms with Gasteiger partial charge in [-0.2, -0.15) is 0 Å². The third-order valence-electron chi connectivity index (χ3n) is 3.72. The van der Waals surface area contributed by atoms with Crippen molar-refractivity contribution in [1.29, 1.82) is 0 Å². The molecule has 0 aromatic heterocycles. The summed E-state index contributed by atoms with van der Waals surface area (Å²) in [6.45, 7) is 3.74. The Kier molecular flexibility index (Phi) is 3.96. The van der Waals surface area contributed by atoms with Crippen LogP contribution >= 0.6 is 11.6 Å². The molecule has 1 aliphatic heterocycles. The maximum Gasteiger partial charge on any atom is 0.167 e. The number of fused-ring (bicyclic) bond motifs is 1. The lowest BCUT2D eigenvalue weighted by Gasteiger charge is -2.14. The molecule has 1 aliphatic carbocycles. The minimum atomic E-state index is -0.190. The van der Waals surface area contributed by atoms with Crippen LogP contribution in [0.15, 0.2) is 12.1 Å². The van der Waals surface area contributed by atoms with Crippen molar-refractivity contribution in [3.05, 3.63) is 28.3 Å². The normalized spacial score (nSPS) is 22.3. The Morgan fingerprint density at radius 2 is 2.10 bits per heavy atom. The number of rotatable bonds is 4. The average molecular weight is 297 g/mol. The zero-order valence-electron chi connectivity index (χ0n) is 11.4. The second-order valence-electron chi connectivity index (χ2n) is 5.17. The van der Waals surface area contributed by atoms with Crippen molar-refractivity contribution < 1.29 is 19.0 Å². The van der Waals surface area contributed by atoms with Gasteiger partial charge < -0.3 is 14.2 Å². The Morgan fingerprint density at radius 3 is 2.85 bits per heavy atom. The summed E-state index contributed by atoms with van der Waals surface area (Å²) in [4.78, 5) is 12.1. The number of hydrogen-bond acceptors (Lipinski definition) is 4. The van der Waals surface area contributed by atoms with Gasteiger partial charge in [-0.25, -0.2) is 0 Å². The molecular formula is C15H17ClO4. The van der Waals surface area contributed by atoms with Gasteiger partial charge in [-0.05, 0) is 23.6 Å². The molecule has 5 heteroatoms. The molecule has 0 amide bonds. The van der Waals surface area contributed by atoms with Crippen molar-refractivity contribution in [2.24, 2.45) is 0 Å². The molecule has 1 fully saturated rings. The van der Waals surface area contributed by atoms with Crippen LogP contribution in [0.4, 0.5) is 0 Å². The van der Waals surface area contributed by atoms with E-state index in [-0.39, 0.29) is 18.0 Å². The van der Waals surface area contributed by atoms with E-state index < -0.39 is 0 Å². The number of carbonyl (C=O) groups excluding carboxylic acids is 1. The van der Waals surface area contributed by atoms with E-state index in [2.05, 4.69) is 0 Å². The molecule has 3 rings (SSSR count). The molecular weight excluding hydrogens is 280 g/mol. The van der Waals surface area contributed by atoms with Gasteiger partial charge >= 0.3 is 0 Å². The molecule has 1 atom stereocenters. The largest absolute Gasteiger partial charge is 0.493 e. The highest BCUT2D eigenvalue weighted by Crippen LogP contribution is 2.42. The second-order valence-corrected chi connectivity index (χ2v) is 5.58. The number of hydrogen-bond donors (Lipinski definition) is 0. The summed E-state index contributed by atoms with van der Waals surface area (Å²) >= 11 is 6.19. The molecule has 108 valence electrons. The quantitative estimate of drug-likeness (QED) is 0.856. The SMILES string of the molecule is CC1CC(=O)c2c(OCCC3OCCO3)ccc(Cl)c21. The highest BCUT2D eigenvalue weighted by molar-refractivity contribution is 6.32. The number of ether oxygens (including phenoxy) is 3. The Balaban J connectivity index is 1.72. The van der Waals surface area contributed by atoms with E-state index in [9.17, 15) is 4.79 Å². The maximum atomic E-state index is 12.1. The number of benzene rings is 1. The summed E-state index contributed by atoms with van der Waals surface area (Å²) < 4.78 is 16.4. The zero-order valence-corrected chi connectivity index (χ0v) is 12.1. The summed E-state index contributed by atoms with van der Waals surface area (Å²) in [5.41, 5.74) is 1.57. The number of halogens is 1. The molecule has 20 heavy (non-hydrogen) atoms. The Labute approximate surface area is 123 Å². The highest BCUT2D eigenvalue weighted by Gasteiger charge is 2.31. The third-order valence-corrected chi connectivity index (χ3v) is 4.05.